The van der Waals surface area contributed by atoms with Crippen molar-refractivity contribution in [1.82, 2.24) is 10.2 Å². The molecule has 2 rings (SSSR count). The molecule has 0 bridgehead atoms. The Balaban J connectivity index is 2.01. The van der Waals surface area contributed by atoms with E-state index in [0.29, 0.717) is 18.2 Å². The Morgan fingerprint density at radius 3 is 2.72 bits per heavy atom. The third-order valence-corrected chi connectivity index (χ3v) is 4.30. The Labute approximate surface area is 150 Å². The van der Waals surface area contributed by atoms with E-state index >= 15 is 0 Å². The predicted molar refractivity (Wildman–Crippen MR) is 98.1 cm³/mol. The smallest absolute Gasteiger partial charge is 0.194 e. The van der Waals surface area contributed by atoms with Crippen molar-refractivity contribution < 1.29 is 13.9 Å². The van der Waals surface area contributed by atoms with Crippen LogP contribution < -0.4 is 5.32 Å². The zero-order valence-electron chi connectivity index (χ0n) is 15.6. The molecule has 0 aromatic heterocycles. The second-order valence-corrected chi connectivity index (χ2v) is 6.17. The summed E-state index contributed by atoms with van der Waals surface area (Å²) in [6.45, 7) is 8.37. The molecule has 1 aromatic carbocycles. The molecule has 6 heteroatoms. The van der Waals surface area contributed by atoms with E-state index in [2.05, 4.69) is 17.1 Å². The number of nitrogens with zero attached hydrogens (tertiary/aromatic N) is 2. The van der Waals surface area contributed by atoms with Crippen LogP contribution in [0.2, 0.25) is 0 Å². The van der Waals surface area contributed by atoms with Crippen LogP contribution in [0, 0.1) is 5.82 Å². The Hall–Kier alpha value is -1.66. The topological polar surface area (TPSA) is 46.1 Å². The summed E-state index contributed by atoms with van der Waals surface area (Å²) in [5.74, 6) is 0.676. The minimum absolute atomic E-state index is 0.237. The number of aliphatic imine (C=N–C) groups is 1. The van der Waals surface area contributed by atoms with Gasteiger partial charge in [0.15, 0.2) is 5.96 Å². The standard InChI is InChI=1S/C19H30FN3O2/c1-4-21-19(23-10-8-17(9-11-23)25-5-2)22-13-15-6-7-18(20)16(12-15)14-24-3/h6-7,12,17H,4-5,8-11,13-14H2,1-3H3,(H,21,22). The van der Waals surface area contributed by atoms with E-state index in [1.54, 1.807) is 13.2 Å². The molecule has 1 fully saturated rings. The molecule has 0 amide bonds. The van der Waals surface area contributed by atoms with Crippen LogP contribution in [-0.2, 0) is 22.6 Å². The first-order valence-electron chi connectivity index (χ1n) is 9.09. The van der Waals surface area contributed by atoms with Gasteiger partial charge in [-0.3, -0.25) is 0 Å². The Kier molecular flexibility index (Phi) is 8.15. The summed E-state index contributed by atoms with van der Waals surface area (Å²) in [4.78, 5) is 7.01. The van der Waals surface area contributed by atoms with Gasteiger partial charge in [-0.1, -0.05) is 6.07 Å². The molecule has 1 saturated heterocycles. The monoisotopic (exact) mass is 351 g/mol. The van der Waals surface area contributed by atoms with E-state index < -0.39 is 0 Å². The molecule has 0 radical (unpaired) electrons. The molecule has 0 saturated carbocycles. The summed E-state index contributed by atoms with van der Waals surface area (Å²) in [7, 11) is 1.57. The maximum absolute atomic E-state index is 13.7. The highest BCUT2D eigenvalue weighted by Crippen LogP contribution is 2.15. The molecule has 1 aliphatic rings. The number of piperidine rings is 1. The summed E-state index contributed by atoms with van der Waals surface area (Å²) in [6.07, 6.45) is 2.40. The number of hydrogen-bond donors (Lipinski definition) is 1. The minimum Gasteiger partial charge on any atom is -0.380 e. The molecular weight excluding hydrogens is 321 g/mol. The van der Waals surface area contributed by atoms with Crippen LogP contribution in [0.15, 0.2) is 23.2 Å². The first-order valence-corrected chi connectivity index (χ1v) is 9.09. The van der Waals surface area contributed by atoms with Gasteiger partial charge in [0.1, 0.15) is 5.82 Å². The van der Waals surface area contributed by atoms with Gasteiger partial charge in [-0.15, -0.1) is 0 Å². The van der Waals surface area contributed by atoms with Gasteiger partial charge in [-0.2, -0.15) is 0 Å². The largest absolute Gasteiger partial charge is 0.380 e. The fourth-order valence-electron chi connectivity index (χ4n) is 3.05. The van der Waals surface area contributed by atoms with Gasteiger partial charge in [0.25, 0.3) is 0 Å². The molecule has 1 heterocycles. The Morgan fingerprint density at radius 1 is 1.32 bits per heavy atom. The molecule has 0 unspecified atom stereocenters. The Bertz CT molecular complexity index is 558. The highest BCUT2D eigenvalue weighted by atomic mass is 19.1. The lowest BCUT2D eigenvalue weighted by Crippen LogP contribution is -2.47. The molecule has 0 aliphatic carbocycles. The van der Waals surface area contributed by atoms with Crippen LogP contribution in [-0.4, -0.2) is 50.3 Å². The number of benzene rings is 1. The number of halogens is 1. The van der Waals surface area contributed by atoms with Crippen molar-refractivity contribution in [2.24, 2.45) is 4.99 Å². The van der Waals surface area contributed by atoms with E-state index in [1.165, 1.54) is 6.07 Å². The van der Waals surface area contributed by atoms with Crippen molar-refractivity contribution in [3.8, 4) is 0 Å². The lowest BCUT2D eigenvalue weighted by Gasteiger charge is -2.34. The van der Waals surface area contributed by atoms with Gasteiger partial charge in [0.2, 0.25) is 0 Å². The first-order chi connectivity index (χ1) is 12.2. The quantitative estimate of drug-likeness (QED) is 0.606. The van der Waals surface area contributed by atoms with Crippen molar-refractivity contribution >= 4 is 5.96 Å². The number of nitrogens with one attached hydrogen (secondary N) is 1. The third-order valence-electron chi connectivity index (χ3n) is 4.30. The van der Waals surface area contributed by atoms with Crippen LogP contribution in [0.5, 0.6) is 0 Å². The maximum Gasteiger partial charge on any atom is 0.194 e. The van der Waals surface area contributed by atoms with Gasteiger partial charge in [0.05, 0.1) is 19.3 Å². The highest BCUT2D eigenvalue weighted by Gasteiger charge is 2.21. The molecule has 1 aromatic rings. The van der Waals surface area contributed by atoms with Gasteiger partial charge in [-0.25, -0.2) is 9.38 Å². The molecule has 5 nitrogen and oxygen atoms in total. The average Bonchev–Trinajstić information content (AvgIpc) is 2.62. The van der Waals surface area contributed by atoms with Gasteiger partial charge >= 0.3 is 0 Å². The molecular formula is C19H30FN3O2. The lowest BCUT2D eigenvalue weighted by molar-refractivity contribution is 0.0263. The van der Waals surface area contributed by atoms with Crippen LogP contribution in [0.3, 0.4) is 0 Å². The van der Waals surface area contributed by atoms with Gasteiger partial charge in [0, 0.05) is 38.9 Å². The number of ether oxygens (including phenoxy) is 2. The van der Waals surface area contributed by atoms with E-state index in [0.717, 1.165) is 50.6 Å². The molecule has 140 valence electrons. The molecule has 0 spiro atoms. The van der Waals surface area contributed by atoms with E-state index in [-0.39, 0.29) is 12.4 Å². The van der Waals surface area contributed by atoms with Crippen molar-refractivity contribution in [3.63, 3.8) is 0 Å². The maximum atomic E-state index is 13.7. The second-order valence-electron chi connectivity index (χ2n) is 6.17. The zero-order valence-corrected chi connectivity index (χ0v) is 15.6. The van der Waals surface area contributed by atoms with Crippen molar-refractivity contribution in [3.05, 3.63) is 35.1 Å². The molecule has 25 heavy (non-hydrogen) atoms. The molecule has 1 N–H and O–H groups in total. The predicted octanol–water partition coefficient (Wildman–Crippen LogP) is 2.94. The normalized spacial score (nSPS) is 16.3. The Morgan fingerprint density at radius 2 is 2.08 bits per heavy atom. The van der Waals surface area contributed by atoms with E-state index in [9.17, 15) is 4.39 Å². The average molecular weight is 351 g/mol. The summed E-state index contributed by atoms with van der Waals surface area (Å²) in [5.41, 5.74) is 1.55. The van der Waals surface area contributed by atoms with E-state index in [1.807, 2.05) is 13.0 Å². The van der Waals surface area contributed by atoms with Crippen LogP contribution in [0.4, 0.5) is 4.39 Å². The highest BCUT2D eigenvalue weighted by molar-refractivity contribution is 5.80. The first kappa shape index (κ1) is 19.7. The lowest BCUT2D eigenvalue weighted by atomic mass is 10.1. The van der Waals surface area contributed by atoms with Crippen LogP contribution in [0.1, 0.15) is 37.8 Å². The number of methoxy groups -OCH3 is 1. The molecule has 0 atom stereocenters. The summed E-state index contributed by atoms with van der Waals surface area (Å²) in [5, 5.41) is 3.36. The fourth-order valence-corrected chi connectivity index (χ4v) is 3.05. The number of likely N-dealkylation sites (tertiary alicyclic amines) is 1. The SMILES string of the molecule is CCNC(=NCc1ccc(F)c(COC)c1)N1CCC(OCC)CC1. The second kappa shape index (κ2) is 10.4. The summed E-state index contributed by atoms with van der Waals surface area (Å²) < 4.78 is 24.5. The van der Waals surface area contributed by atoms with Crippen molar-refractivity contribution in [1.29, 1.82) is 0 Å². The van der Waals surface area contributed by atoms with Gasteiger partial charge < -0.3 is 19.7 Å². The summed E-state index contributed by atoms with van der Waals surface area (Å²) in [6, 6.07) is 5.09. The molecule has 1 aliphatic heterocycles. The minimum atomic E-state index is -0.237. The zero-order chi connectivity index (χ0) is 18.1. The number of hydrogen-bond acceptors (Lipinski definition) is 3. The third kappa shape index (κ3) is 5.97. The van der Waals surface area contributed by atoms with Gasteiger partial charge in [-0.05, 0) is 44.4 Å². The van der Waals surface area contributed by atoms with Crippen molar-refractivity contribution in [2.75, 3.05) is 33.4 Å². The fraction of sp³-hybridized carbons (Fsp3) is 0.632. The van der Waals surface area contributed by atoms with E-state index in [4.69, 9.17) is 14.5 Å². The summed E-state index contributed by atoms with van der Waals surface area (Å²) >= 11 is 0. The number of guanidine groups is 1. The van der Waals surface area contributed by atoms with Crippen molar-refractivity contribution in [2.45, 2.75) is 45.9 Å². The number of rotatable bonds is 7. The van der Waals surface area contributed by atoms with Crippen LogP contribution >= 0.6 is 0 Å². The van der Waals surface area contributed by atoms with Crippen LogP contribution in [0.25, 0.3) is 0 Å².